The minimum Gasteiger partial charge on any atom is -0.478 e. The molecule has 0 aliphatic rings. The summed E-state index contributed by atoms with van der Waals surface area (Å²) in [7, 11) is -2.33. The SMILES string of the molecule is CCC(CC)N(C)S(=O)(=O)c1cc(C(=O)O)ccc1Cl. The molecule has 0 atom stereocenters. The summed E-state index contributed by atoms with van der Waals surface area (Å²) in [6, 6.07) is 3.52. The molecule has 1 rings (SSSR count). The van der Waals surface area contributed by atoms with E-state index in [9.17, 15) is 13.2 Å². The number of carboxylic acid groups (broad SMARTS) is 1. The zero-order valence-electron chi connectivity index (χ0n) is 11.6. The van der Waals surface area contributed by atoms with Crippen molar-refractivity contribution in [3.63, 3.8) is 0 Å². The molecule has 0 fully saturated rings. The number of rotatable bonds is 6. The van der Waals surface area contributed by atoms with Crippen LogP contribution in [0, 0.1) is 0 Å². The van der Waals surface area contributed by atoms with E-state index in [1.165, 1.54) is 23.5 Å². The van der Waals surface area contributed by atoms with Crippen LogP contribution in [0.2, 0.25) is 5.02 Å². The van der Waals surface area contributed by atoms with E-state index >= 15 is 0 Å². The molecule has 0 aliphatic carbocycles. The van der Waals surface area contributed by atoms with Gasteiger partial charge in [-0.25, -0.2) is 13.2 Å². The van der Waals surface area contributed by atoms with Crippen LogP contribution in [0.15, 0.2) is 23.1 Å². The van der Waals surface area contributed by atoms with Gasteiger partial charge in [0.25, 0.3) is 0 Å². The lowest BCUT2D eigenvalue weighted by Gasteiger charge is -2.26. The fraction of sp³-hybridized carbons (Fsp3) is 0.462. The summed E-state index contributed by atoms with van der Waals surface area (Å²) in [6.07, 6.45) is 1.34. The van der Waals surface area contributed by atoms with Crippen LogP contribution in [-0.4, -0.2) is 36.9 Å². The highest BCUT2D eigenvalue weighted by atomic mass is 35.5. The van der Waals surface area contributed by atoms with E-state index < -0.39 is 16.0 Å². The number of aromatic carboxylic acids is 1. The van der Waals surface area contributed by atoms with Crippen molar-refractivity contribution in [3.05, 3.63) is 28.8 Å². The summed E-state index contributed by atoms with van der Waals surface area (Å²) in [5.41, 5.74) is -0.106. The Kier molecular flexibility index (Phi) is 5.56. The quantitative estimate of drug-likeness (QED) is 0.875. The average Bonchev–Trinajstić information content (AvgIpc) is 2.39. The van der Waals surface area contributed by atoms with Gasteiger partial charge in [0.15, 0.2) is 0 Å². The van der Waals surface area contributed by atoms with Gasteiger partial charge in [-0.05, 0) is 31.0 Å². The minimum atomic E-state index is -3.81. The number of halogens is 1. The summed E-state index contributed by atoms with van der Waals surface area (Å²) in [4.78, 5) is 10.8. The zero-order valence-corrected chi connectivity index (χ0v) is 13.2. The zero-order chi connectivity index (χ0) is 15.5. The van der Waals surface area contributed by atoms with Crippen molar-refractivity contribution in [2.75, 3.05) is 7.05 Å². The topological polar surface area (TPSA) is 74.7 Å². The Hall–Kier alpha value is -1.11. The molecular formula is C13H18ClNO4S. The van der Waals surface area contributed by atoms with Crippen LogP contribution in [0.5, 0.6) is 0 Å². The van der Waals surface area contributed by atoms with Gasteiger partial charge in [0, 0.05) is 13.1 Å². The van der Waals surface area contributed by atoms with E-state index in [0.717, 1.165) is 6.07 Å². The van der Waals surface area contributed by atoms with Gasteiger partial charge < -0.3 is 5.11 Å². The number of benzene rings is 1. The predicted octanol–water partition coefficient (Wildman–Crippen LogP) is 2.85. The maximum absolute atomic E-state index is 12.5. The third-order valence-electron chi connectivity index (χ3n) is 3.29. The fourth-order valence-electron chi connectivity index (χ4n) is 1.99. The van der Waals surface area contributed by atoms with Gasteiger partial charge in [-0.2, -0.15) is 4.31 Å². The summed E-state index contributed by atoms with van der Waals surface area (Å²) >= 11 is 5.92. The molecule has 0 amide bonds. The summed E-state index contributed by atoms with van der Waals surface area (Å²) < 4.78 is 26.3. The van der Waals surface area contributed by atoms with Crippen molar-refractivity contribution in [3.8, 4) is 0 Å². The smallest absolute Gasteiger partial charge is 0.335 e. The molecule has 0 radical (unpaired) electrons. The first-order chi connectivity index (χ1) is 9.25. The molecule has 0 saturated heterocycles. The van der Waals surface area contributed by atoms with Gasteiger partial charge in [0.05, 0.1) is 10.6 Å². The molecule has 112 valence electrons. The van der Waals surface area contributed by atoms with Crippen LogP contribution in [-0.2, 0) is 10.0 Å². The Labute approximate surface area is 124 Å². The number of hydrogen-bond donors (Lipinski definition) is 1. The van der Waals surface area contributed by atoms with Crippen LogP contribution in [0.1, 0.15) is 37.0 Å². The van der Waals surface area contributed by atoms with Crippen LogP contribution >= 0.6 is 11.6 Å². The van der Waals surface area contributed by atoms with E-state index in [1.54, 1.807) is 0 Å². The van der Waals surface area contributed by atoms with Crippen molar-refractivity contribution in [2.45, 2.75) is 37.6 Å². The van der Waals surface area contributed by atoms with Crippen LogP contribution < -0.4 is 0 Å². The second kappa shape index (κ2) is 6.56. The van der Waals surface area contributed by atoms with Crippen molar-refractivity contribution in [1.82, 2.24) is 4.31 Å². The summed E-state index contributed by atoms with van der Waals surface area (Å²) in [6.45, 7) is 3.80. The Morgan fingerprint density at radius 3 is 2.35 bits per heavy atom. The molecule has 0 aromatic heterocycles. The first-order valence-electron chi connectivity index (χ1n) is 6.26. The fourth-order valence-corrected chi connectivity index (χ4v) is 3.99. The van der Waals surface area contributed by atoms with Gasteiger partial charge in [0.2, 0.25) is 10.0 Å². The second-order valence-electron chi connectivity index (χ2n) is 4.44. The third kappa shape index (κ3) is 3.31. The van der Waals surface area contributed by atoms with Crippen LogP contribution in [0.3, 0.4) is 0 Å². The molecule has 0 bridgehead atoms. The lowest BCUT2D eigenvalue weighted by atomic mass is 10.2. The first-order valence-corrected chi connectivity index (χ1v) is 8.08. The molecule has 7 heteroatoms. The number of carboxylic acids is 1. The average molecular weight is 320 g/mol. The molecule has 0 saturated carbocycles. The number of nitrogens with zero attached hydrogens (tertiary/aromatic N) is 1. The predicted molar refractivity (Wildman–Crippen MR) is 77.7 cm³/mol. The van der Waals surface area contributed by atoms with Gasteiger partial charge in [-0.1, -0.05) is 25.4 Å². The molecule has 0 spiro atoms. The second-order valence-corrected chi connectivity index (χ2v) is 6.82. The van der Waals surface area contributed by atoms with E-state index in [4.69, 9.17) is 16.7 Å². The Morgan fingerprint density at radius 1 is 1.35 bits per heavy atom. The van der Waals surface area contributed by atoms with Crippen LogP contribution in [0.4, 0.5) is 0 Å². The van der Waals surface area contributed by atoms with E-state index in [-0.39, 0.29) is 21.5 Å². The lowest BCUT2D eigenvalue weighted by Crippen LogP contribution is -2.36. The largest absolute Gasteiger partial charge is 0.478 e. The molecule has 1 N–H and O–H groups in total. The lowest BCUT2D eigenvalue weighted by molar-refractivity contribution is 0.0696. The first kappa shape index (κ1) is 16.9. The normalized spacial score (nSPS) is 12.1. The minimum absolute atomic E-state index is 0.0211. The highest BCUT2D eigenvalue weighted by Crippen LogP contribution is 2.27. The molecule has 20 heavy (non-hydrogen) atoms. The van der Waals surface area contributed by atoms with Gasteiger partial charge in [0.1, 0.15) is 4.90 Å². The molecule has 0 aliphatic heterocycles. The third-order valence-corrected chi connectivity index (χ3v) is 5.68. The highest BCUT2D eigenvalue weighted by Gasteiger charge is 2.28. The van der Waals surface area contributed by atoms with Crippen molar-refractivity contribution >= 4 is 27.6 Å². The standard InChI is InChI=1S/C13H18ClNO4S/c1-4-10(5-2)15(3)20(18,19)12-8-9(13(16)17)6-7-11(12)14/h6-8,10H,4-5H2,1-3H3,(H,16,17). The number of carbonyl (C=O) groups is 1. The number of sulfonamides is 1. The molecule has 0 unspecified atom stereocenters. The van der Waals surface area contributed by atoms with E-state index in [1.807, 2.05) is 13.8 Å². The molecule has 5 nitrogen and oxygen atoms in total. The summed E-state index contributed by atoms with van der Waals surface area (Å²) in [5.74, 6) is -1.19. The Balaban J connectivity index is 3.34. The number of hydrogen-bond acceptors (Lipinski definition) is 3. The maximum atomic E-state index is 12.5. The molecular weight excluding hydrogens is 302 g/mol. The van der Waals surface area contributed by atoms with Gasteiger partial charge in [-0.3, -0.25) is 0 Å². The van der Waals surface area contributed by atoms with E-state index in [0.29, 0.717) is 12.8 Å². The maximum Gasteiger partial charge on any atom is 0.335 e. The highest BCUT2D eigenvalue weighted by molar-refractivity contribution is 7.89. The van der Waals surface area contributed by atoms with E-state index in [2.05, 4.69) is 0 Å². The van der Waals surface area contributed by atoms with Crippen LogP contribution in [0.25, 0.3) is 0 Å². The molecule has 0 heterocycles. The van der Waals surface area contributed by atoms with Crippen molar-refractivity contribution in [1.29, 1.82) is 0 Å². The van der Waals surface area contributed by atoms with Gasteiger partial charge in [-0.15, -0.1) is 0 Å². The van der Waals surface area contributed by atoms with Crippen molar-refractivity contribution < 1.29 is 18.3 Å². The Bertz CT molecular complexity index is 596. The van der Waals surface area contributed by atoms with Gasteiger partial charge >= 0.3 is 5.97 Å². The van der Waals surface area contributed by atoms with Crippen molar-refractivity contribution in [2.24, 2.45) is 0 Å². The monoisotopic (exact) mass is 319 g/mol. The Morgan fingerprint density at radius 2 is 1.90 bits per heavy atom. The summed E-state index contributed by atoms with van der Waals surface area (Å²) in [5, 5.41) is 8.98. The molecule has 1 aromatic carbocycles. The molecule has 1 aromatic rings.